The van der Waals surface area contributed by atoms with Crippen LogP contribution in [0.15, 0.2) is 174 Å². The highest BCUT2D eigenvalue weighted by molar-refractivity contribution is 9.11. The number of imidazole rings is 5. The Bertz CT molecular complexity index is 6120. The second-order valence-corrected chi connectivity index (χ2v) is 32.0. The molecule has 54 heteroatoms. The van der Waals surface area contributed by atoms with E-state index in [-0.39, 0.29) is 59.9 Å². The van der Waals surface area contributed by atoms with E-state index in [0.29, 0.717) is 173 Å². The summed E-state index contributed by atoms with van der Waals surface area (Å²) in [5, 5.41) is 32.6. The topological polar surface area (TPSA) is 608 Å². The Morgan fingerprint density at radius 2 is 0.876 bits per heavy atom. The number of nitrogens with two attached hydrogens (primary N) is 3. The molecule has 18 rings (SSSR count). The van der Waals surface area contributed by atoms with Crippen LogP contribution >= 0.6 is 113 Å². The van der Waals surface area contributed by atoms with Crippen LogP contribution in [0.3, 0.4) is 0 Å². The maximum Gasteiger partial charge on any atom is 0.356 e. The Labute approximate surface area is 789 Å². The minimum atomic E-state index is -1.67. The summed E-state index contributed by atoms with van der Waals surface area (Å²) in [4.78, 5) is 138. The summed E-state index contributed by atoms with van der Waals surface area (Å²) in [6, 6.07) is 10.9. The Balaban J connectivity index is 0.000000202. The van der Waals surface area contributed by atoms with E-state index >= 15 is 0 Å². The molecule has 1 atom stereocenters. The normalized spacial score (nSPS) is 12.6. The molecule has 12 N–H and O–H groups in total. The number of nitrogens with zero attached hydrogens (tertiary/aromatic N) is 21. The number of benzene rings is 2. The summed E-state index contributed by atoms with van der Waals surface area (Å²) < 4.78 is 55.6. The first-order chi connectivity index (χ1) is 61.5. The lowest BCUT2D eigenvalue weighted by Gasteiger charge is -2.26. The van der Waals surface area contributed by atoms with E-state index in [1.807, 2.05) is 12.1 Å². The SMILES string of the molecule is C1CCOCC1.CCO.CCOC(=O)C(Cl)C=O.CCOC(=O)c1cnc2cnc(Br)cn12.Nc1cnc(Br)cn1.Nc1nc2cc(-c3cn4c(C(=O)N5CCOCC5)cnc4cn3)ccc2o1.Nc1nc2cc([B]O)ccc2o1.O.O=C(O)c1cnc2cnc(Br)cn12.O=C(O)c1cnc2cnc(Br)cn12.O=C(c1cnc2cnc(Br)cn12)N1CCOCC1.O=S(Cl)Cl. The van der Waals surface area contributed by atoms with Crippen LogP contribution in [0.1, 0.15) is 92.5 Å². The number of hydrogen-bond acceptors (Lipinski definition) is 34. The second-order valence-electron chi connectivity index (χ2n) is 25.0. The zero-order valence-corrected chi connectivity index (χ0v) is 78.8. The van der Waals surface area contributed by atoms with Crippen LogP contribution in [0.25, 0.3) is 61.7 Å². The molecule has 0 bridgehead atoms. The van der Waals surface area contributed by atoms with Gasteiger partial charge in [0.15, 0.2) is 61.9 Å². The summed E-state index contributed by atoms with van der Waals surface area (Å²) in [5.41, 5.74) is 25.5. The highest BCUT2D eigenvalue weighted by atomic mass is 79.9. The van der Waals surface area contributed by atoms with Crippen LogP contribution in [-0.2, 0) is 42.5 Å². The number of aliphatic hydroxyl groups is 1. The first-order valence-electron chi connectivity index (χ1n) is 37.4. The number of carboxylic acids is 2. The number of esters is 2. The number of ether oxygens (including phenoxy) is 5. The molecule has 2 amide bonds. The lowest BCUT2D eigenvalue weighted by atomic mass is 9.89. The van der Waals surface area contributed by atoms with Crippen molar-refractivity contribution in [3.8, 4) is 11.3 Å². The number of nitrogen functional groups attached to an aromatic ring is 3. The minimum absolute atomic E-state index is 0. The molecule has 0 aliphatic carbocycles. The maximum atomic E-state index is 12.9. The van der Waals surface area contributed by atoms with E-state index in [0.717, 1.165) is 26.3 Å². The molecule has 3 aliphatic heterocycles. The van der Waals surface area contributed by atoms with Crippen LogP contribution < -0.4 is 22.7 Å². The zero-order chi connectivity index (χ0) is 92.9. The molecule has 683 valence electrons. The number of hydrogen-bond donors (Lipinski definition) is 7. The van der Waals surface area contributed by atoms with Crippen LogP contribution in [0.5, 0.6) is 0 Å². The van der Waals surface area contributed by atoms with Gasteiger partial charge in [-0.05, 0) is 150 Å². The van der Waals surface area contributed by atoms with Gasteiger partial charge in [-0.3, -0.25) is 36.6 Å². The van der Waals surface area contributed by atoms with Crippen molar-refractivity contribution in [1.29, 1.82) is 0 Å². The second kappa shape index (κ2) is 53.6. The molecule has 16 heterocycles. The van der Waals surface area contributed by atoms with Crippen LogP contribution in [-0.4, -0.2) is 272 Å². The number of halogens is 8. The number of aldehydes is 1. The zero-order valence-electron chi connectivity index (χ0n) is 67.8. The van der Waals surface area contributed by atoms with Gasteiger partial charge in [0.1, 0.15) is 57.5 Å². The van der Waals surface area contributed by atoms with Crippen molar-refractivity contribution in [2.24, 2.45) is 0 Å². The van der Waals surface area contributed by atoms with E-state index in [9.17, 15) is 33.6 Å². The third kappa shape index (κ3) is 32.1. The number of alkyl halides is 1. The van der Waals surface area contributed by atoms with Crippen LogP contribution in [0, 0.1) is 0 Å². The fourth-order valence-corrected chi connectivity index (χ4v) is 12.3. The van der Waals surface area contributed by atoms with Gasteiger partial charge >= 0.3 is 31.4 Å². The van der Waals surface area contributed by atoms with Gasteiger partial charge in [0, 0.05) is 104 Å². The van der Waals surface area contributed by atoms with E-state index in [2.05, 4.69) is 176 Å². The molecule has 13 aromatic heterocycles. The molecule has 15 aromatic rings. The van der Waals surface area contributed by atoms with E-state index in [4.69, 9.17) is 81.1 Å². The quantitative estimate of drug-likeness (QED) is 0.0159. The number of morpholine rings is 2. The van der Waals surface area contributed by atoms with Crippen molar-refractivity contribution in [3.63, 3.8) is 0 Å². The van der Waals surface area contributed by atoms with Crippen molar-refractivity contribution in [2.75, 3.05) is 103 Å². The summed E-state index contributed by atoms with van der Waals surface area (Å²) in [7, 11) is 8.36. The fraction of sp³-hybridized carbons (Fsp3) is 0.267. The highest BCUT2D eigenvalue weighted by Crippen LogP contribution is 2.26. The number of fused-ring (bicyclic) bond motifs is 7. The number of aliphatic hydroxyl groups excluding tert-OH is 1. The first kappa shape index (κ1) is 105. The van der Waals surface area contributed by atoms with Gasteiger partial charge in [0.25, 0.3) is 23.8 Å². The average Bonchev–Trinajstić information content (AvgIpc) is 1.67. The van der Waals surface area contributed by atoms with Crippen molar-refractivity contribution >= 4 is 245 Å². The fourth-order valence-electron chi connectivity index (χ4n) is 10.8. The van der Waals surface area contributed by atoms with Crippen molar-refractivity contribution in [1.82, 2.24) is 102 Å². The van der Waals surface area contributed by atoms with E-state index < -0.39 is 32.5 Å². The molecule has 1 radical (unpaired) electrons. The molecular formula is C75H78BBr5Cl3N24O20S. The third-order valence-corrected chi connectivity index (χ3v) is 18.8. The predicted molar refractivity (Wildman–Crippen MR) is 490 cm³/mol. The molecule has 3 saturated heterocycles. The van der Waals surface area contributed by atoms with Gasteiger partial charge in [-0.25, -0.2) is 78.2 Å². The van der Waals surface area contributed by atoms with Gasteiger partial charge in [0.2, 0.25) is 9.23 Å². The molecule has 1 unspecified atom stereocenters. The van der Waals surface area contributed by atoms with Gasteiger partial charge in [-0.15, -0.1) is 11.6 Å². The Morgan fingerprint density at radius 3 is 1.25 bits per heavy atom. The maximum absolute atomic E-state index is 12.9. The molecule has 129 heavy (non-hydrogen) atoms. The van der Waals surface area contributed by atoms with Gasteiger partial charge in [0.05, 0.1) is 120 Å². The molecule has 3 fully saturated rings. The standard InChI is InChI=1S/C18H16N6O3.C11H11BrN4O2.C9H8BrN3O2.C7H6BN2O2.2C7H4BrN3O2.C5H7ClO3.C5H10O.C4H4BrN3.C2H6O.Cl2OS.H2O/c19-18-22-12-7-11(1-2-15(12)27-18)13-10-24-14(8-21-16(24)9-20-13)17(25)23-3-5-26-6-4-23;12-9-7-16-8(5-14-10(16)6-13-9)11(17)15-1-3-18-4-2-15;1-2-15-9(14)6-3-12-8-4-11-7(10)5-13(6)8;9-7-10-5-3-4(8-11)1-2-6(5)12-7;2*8-5-3-11-4(7(12)13)1-10-6(11)2-9-5;1-2-9-5(8)4(6)3-7;1-2-4-6-5-3-1;5-3-1-8-4(6)2-7-3;1-2-3;1-4(2)3;/h1-2,7-10H,3-6H2,(H2,19,22);5-7H,1-4H2;3-5H,2H2,1H3;1-3,11H,(H2,9,10);2*1-3H,(H,12,13);3-4H,2H2,1H3;1-5H2;1-2H,(H2,6,8);3H,2H2,1H3;;1H2. The average molecular weight is 2180 g/mol. The van der Waals surface area contributed by atoms with Crippen LogP contribution in [0.4, 0.5) is 17.8 Å². The van der Waals surface area contributed by atoms with Crippen molar-refractivity contribution in [2.45, 2.75) is 45.4 Å². The molecule has 2 aromatic carbocycles. The molecule has 0 spiro atoms. The number of carbonyl (C=O) groups is 7. The van der Waals surface area contributed by atoms with Gasteiger partial charge in [-0.2, -0.15) is 9.97 Å². The van der Waals surface area contributed by atoms with Crippen LogP contribution in [0.2, 0.25) is 0 Å². The molecule has 44 nitrogen and oxygen atoms in total. The smallest absolute Gasteiger partial charge is 0.356 e. The number of aromatic carboxylic acids is 2. The Kier molecular flexibility index (Phi) is 43.5. The number of anilines is 3. The highest BCUT2D eigenvalue weighted by Gasteiger charge is 2.25. The predicted octanol–water partition coefficient (Wildman–Crippen LogP) is 8.83. The number of amides is 2. The van der Waals surface area contributed by atoms with Crippen molar-refractivity contribution < 1.29 is 96.1 Å². The lowest BCUT2D eigenvalue weighted by Crippen LogP contribution is -2.41. The van der Waals surface area contributed by atoms with Crippen molar-refractivity contribution in [3.05, 3.63) is 193 Å². The largest absolute Gasteiger partial charge is 0.477 e. The summed E-state index contributed by atoms with van der Waals surface area (Å²) in [6.07, 6.45) is 30.7. The number of carbonyl (C=O) groups excluding carboxylic acids is 5. The minimum Gasteiger partial charge on any atom is -0.477 e. The number of aromatic nitrogens is 19. The third-order valence-electron chi connectivity index (χ3n) is 16.4. The molecular weight excluding hydrogens is 2110 g/mol. The monoisotopic (exact) mass is 2180 g/mol. The van der Waals surface area contributed by atoms with E-state index in [1.54, 1.807) is 136 Å². The Morgan fingerprint density at radius 1 is 0.504 bits per heavy atom. The number of rotatable bonds is 11. The van der Waals surface area contributed by atoms with E-state index in [1.165, 1.54) is 65.2 Å². The summed E-state index contributed by atoms with van der Waals surface area (Å²) >= 11 is 21.1. The van der Waals surface area contributed by atoms with Gasteiger partial charge in [-0.1, -0.05) is 11.5 Å². The lowest BCUT2D eigenvalue weighted by molar-refractivity contribution is -0.143. The number of carboxylic acid groups (broad SMARTS) is 2. The van der Waals surface area contributed by atoms with Gasteiger partial charge < -0.3 is 90.1 Å². The molecule has 3 aliphatic rings. The summed E-state index contributed by atoms with van der Waals surface area (Å²) in [5.74, 6) is -2.74. The molecule has 0 saturated carbocycles. The first-order valence-corrected chi connectivity index (χ1v) is 44.6. The summed E-state index contributed by atoms with van der Waals surface area (Å²) in [6.45, 7) is 12.6. The number of oxazole rings is 2. The Hall–Kier alpha value is -11.3.